The number of hydrogen-bond acceptors (Lipinski definition) is 0. The second-order valence-electron chi connectivity index (χ2n) is 20.3. The summed E-state index contributed by atoms with van der Waals surface area (Å²) in [7, 11) is 0. The number of hydrogen-bond donors (Lipinski definition) is 0. The van der Waals surface area contributed by atoms with Crippen LogP contribution >= 0.6 is 0 Å². The maximum atomic E-state index is 2.63. The second kappa shape index (κ2) is 16.4. The van der Waals surface area contributed by atoms with Crippen LogP contribution in [0.25, 0.3) is 66.5 Å². The highest BCUT2D eigenvalue weighted by atomic mass is 15.2. The summed E-state index contributed by atoms with van der Waals surface area (Å²) in [6, 6.07) is 48.3. The van der Waals surface area contributed by atoms with E-state index in [2.05, 4.69) is 229 Å². The number of para-hydroxylation sites is 1. The van der Waals surface area contributed by atoms with Crippen molar-refractivity contribution < 1.29 is 4.57 Å². The van der Waals surface area contributed by atoms with Crippen LogP contribution in [0.5, 0.6) is 0 Å². The summed E-state index contributed by atoms with van der Waals surface area (Å²) >= 11 is 0. The van der Waals surface area contributed by atoms with Gasteiger partial charge >= 0.3 is 0 Å². The highest BCUT2D eigenvalue weighted by molar-refractivity contribution is 6.16. The lowest BCUT2D eigenvalue weighted by molar-refractivity contribution is -0.687. The van der Waals surface area contributed by atoms with Gasteiger partial charge in [-0.2, -0.15) is 4.57 Å². The monoisotopic (exact) mass is 839 g/mol. The van der Waals surface area contributed by atoms with Gasteiger partial charge in [-0.15, -0.1) is 0 Å². The topological polar surface area (TPSA) is 13.2 Å². The van der Waals surface area contributed by atoms with Crippen molar-refractivity contribution in [3.63, 3.8) is 0 Å². The Labute approximate surface area is 381 Å². The Morgan fingerprint density at radius 1 is 0.547 bits per heavy atom. The Morgan fingerprint density at radius 2 is 1.14 bits per heavy atom. The number of pyridine rings is 1. The minimum Gasteiger partial charge on any atom is -0.315 e. The van der Waals surface area contributed by atoms with E-state index in [1.54, 1.807) is 0 Å². The van der Waals surface area contributed by atoms with Crippen LogP contribution in [-0.4, -0.2) is 8.97 Å². The number of imidazole rings is 1. The zero-order chi connectivity index (χ0) is 44.6. The van der Waals surface area contributed by atoms with Crippen LogP contribution in [0.3, 0.4) is 0 Å². The Morgan fingerprint density at radius 3 is 1.80 bits per heavy atom. The van der Waals surface area contributed by atoms with E-state index in [4.69, 9.17) is 0 Å². The number of nitrogens with zero attached hydrogens (tertiary/aromatic N) is 3. The van der Waals surface area contributed by atoms with Crippen molar-refractivity contribution in [2.45, 2.75) is 106 Å². The normalized spacial score (nSPS) is 13.8. The van der Waals surface area contributed by atoms with E-state index in [1.807, 2.05) is 0 Å². The third kappa shape index (κ3) is 6.82. The van der Waals surface area contributed by atoms with Crippen molar-refractivity contribution >= 4 is 27.2 Å². The first-order valence-corrected chi connectivity index (χ1v) is 24.0. The fourth-order valence-electron chi connectivity index (χ4n) is 11.2. The van der Waals surface area contributed by atoms with Gasteiger partial charge < -0.3 is 4.40 Å². The Kier molecular flexibility index (Phi) is 10.7. The molecule has 6 aromatic carbocycles. The van der Waals surface area contributed by atoms with Gasteiger partial charge in [0.1, 0.15) is 18.1 Å². The van der Waals surface area contributed by atoms with Gasteiger partial charge in [-0.3, -0.25) is 0 Å². The van der Waals surface area contributed by atoms with Gasteiger partial charge in [0.25, 0.3) is 5.82 Å². The minimum atomic E-state index is -0.0652. The van der Waals surface area contributed by atoms with Crippen molar-refractivity contribution in [2.24, 2.45) is 11.8 Å². The zero-order valence-electron chi connectivity index (χ0n) is 39.6. The number of rotatable bonds is 11. The van der Waals surface area contributed by atoms with Gasteiger partial charge in [0.2, 0.25) is 0 Å². The van der Waals surface area contributed by atoms with Crippen molar-refractivity contribution in [1.29, 1.82) is 0 Å². The number of fused-ring (bicyclic) bond motifs is 9. The summed E-state index contributed by atoms with van der Waals surface area (Å²) in [5.41, 5.74) is 20.3. The van der Waals surface area contributed by atoms with Crippen LogP contribution in [0.2, 0.25) is 0 Å². The van der Waals surface area contributed by atoms with Crippen molar-refractivity contribution in [2.75, 3.05) is 0 Å². The lowest BCUT2D eigenvalue weighted by Crippen LogP contribution is -2.37. The lowest BCUT2D eigenvalue weighted by Gasteiger charge is -2.21. The molecule has 0 radical (unpaired) electrons. The summed E-state index contributed by atoms with van der Waals surface area (Å²) in [6.45, 7) is 23.6. The molecule has 0 saturated heterocycles. The van der Waals surface area contributed by atoms with Crippen LogP contribution < -0.4 is 4.57 Å². The van der Waals surface area contributed by atoms with E-state index < -0.39 is 0 Å². The van der Waals surface area contributed by atoms with Crippen LogP contribution in [0.15, 0.2) is 146 Å². The number of aromatic nitrogens is 3. The second-order valence-corrected chi connectivity index (χ2v) is 20.3. The summed E-state index contributed by atoms with van der Waals surface area (Å²) in [5.74, 6) is 3.26. The maximum absolute atomic E-state index is 2.63. The third-order valence-electron chi connectivity index (χ3n) is 13.9. The molecular formula is C61H64N3+. The molecule has 3 nitrogen and oxygen atoms in total. The average Bonchev–Trinajstić information content (AvgIpc) is 3.97. The molecule has 64 heavy (non-hydrogen) atoms. The molecule has 0 N–H and O–H groups in total. The number of benzene rings is 6. The van der Waals surface area contributed by atoms with E-state index >= 15 is 0 Å². The molecule has 0 spiro atoms. The predicted molar refractivity (Wildman–Crippen MR) is 271 cm³/mol. The molecule has 1 atom stereocenters. The van der Waals surface area contributed by atoms with Crippen molar-refractivity contribution in [3.8, 4) is 39.3 Å². The van der Waals surface area contributed by atoms with Crippen molar-refractivity contribution in [1.82, 2.24) is 8.97 Å². The first kappa shape index (κ1) is 41.8. The Hall–Kier alpha value is -6.19. The highest BCUT2D eigenvalue weighted by Gasteiger charge is 2.43. The molecule has 0 saturated carbocycles. The summed E-state index contributed by atoms with van der Waals surface area (Å²) in [6.07, 6.45) is 9.36. The molecule has 0 fully saturated rings. The quantitative estimate of drug-likeness (QED) is 0.0909. The molecule has 4 heterocycles. The molecule has 1 aliphatic heterocycles. The van der Waals surface area contributed by atoms with E-state index in [0.717, 1.165) is 12.8 Å². The van der Waals surface area contributed by atoms with E-state index in [1.165, 1.54) is 105 Å². The Balaban J connectivity index is 1.36. The van der Waals surface area contributed by atoms with E-state index in [0.29, 0.717) is 29.6 Å². The molecule has 1 aliphatic rings. The van der Waals surface area contributed by atoms with Crippen LogP contribution in [0.4, 0.5) is 0 Å². The van der Waals surface area contributed by atoms with Crippen LogP contribution in [0.1, 0.15) is 132 Å². The fraction of sp³-hybridized carbons (Fsp3) is 0.295. The van der Waals surface area contributed by atoms with Crippen LogP contribution in [-0.2, 0) is 12.8 Å². The summed E-state index contributed by atoms with van der Waals surface area (Å²) in [4.78, 5) is 0. The first-order chi connectivity index (χ1) is 30.9. The molecule has 0 bridgehead atoms. The average molecular weight is 839 g/mol. The van der Waals surface area contributed by atoms with E-state index in [-0.39, 0.29) is 6.04 Å². The molecule has 0 unspecified atom stereocenters. The minimum absolute atomic E-state index is 0.0652. The Bertz CT molecular complexity index is 3150. The molecule has 0 aliphatic carbocycles. The van der Waals surface area contributed by atoms with Gasteiger partial charge in [-0.05, 0) is 105 Å². The zero-order valence-corrected chi connectivity index (χ0v) is 39.6. The maximum Gasteiger partial charge on any atom is 0.295 e. The van der Waals surface area contributed by atoms with Gasteiger partial charge in [0.05, 0.1) is 16.6 Å². The predicted octanol–water partition coefficient (Wildman–Crippen LogP) is 16.0. The molecule has 3 aromatic heterocycles. The van der Waals surface area contributed by atoms with E-state index in [9.17, 15) is 0 Å². The van der Waals surface area contributed by atoms with Gasteiger partial charge in [-0.25, -0.2) is 4.57 Å². The molecular weight excluding hydrogens is 775 g/mol. The largest absolute Gasteiger partial charge is 0.315 e. The first-order valence-electron chi connectivity index (χ1n) is 24.0. The fourth-order valence-corrected chi connectivity index (χ4v) is 11.2. The molecule has 9 aromatic rings. The van der Waals surface area contributed by atoms with Crippen molar-refractivity contribution in [3.05, 3.63) is 185 Å². The highest BCUT2D eigenvalue weighted by Crippen LogP contribution is 2.50. The smallest absolute Gasteiger partial charge is 0.295 e. The molecule has 0 amide bonds. The van der Waals surface area contributed by atoms with Gasteiger partial charge in [0, 0.05) is 44.8 Å². The lowest BCUT2D eigenvalue weighted by atomic mass is 9.83. The SMILES string of the molecule is CC(C)Cc1cccc(CC(C)C)c1-c1cn2c3ccccc3c3cccc(C(C)C)c3c2c1[C@@H]1c2ccccc2-c2n(-c3c(C(C)C)cc(-c4ccccc4)cc3C(C)C)cc[n+]21. The molecule has 3 heteroatoms. The summed E-state index contributed by atoms with van der Waals surface area (Å²) < 4.78 is 7.78. The third-order valence-corrected chi connectivity index (χ3v) is 13.9. The molecule has 10 rings (SSSR count). The van der Waals surface area contributed by atoms with Gasteiger partial charge in [-0.1, -0.05) is 172 Å². The summed E-state index contributed by atoms with van der Waals surface area (Å²) in [5, 5.41) is 4.00. The van der Waals surface area contributed by atoms with Crippen LogP contribution in [0, 0.1) is 11.8 Å². The molecule has 322 valence electrons. The van der Waals surface area contributed by atoms with Gasteiger partial charge in [0.15, 0.2) is 6.04 Å². The standard InChI is InChI=1S/C61H64N3/c1-37(2)32-43-22-18-23-44(33-38(3)4)55(43)53-36-64-54-29-17-16-24-47(54)48-28-19-27-46(39(5)6)56(48)60(64)57(53)59-49-25-14-15-26-50(49)61-62(30-31-63(59)61)58-51(40(7)8)34-45(35-52(58)41(9)10)42-20-12-11-13-21-42/h11-31,34-41,59H,32-33H2,1-10H3/q+1/t59-/m0/s1.